The summed E-state index contributed by atoms with van der Waals surface area (Å²) in [6.45, 7) is 2.80. The van der Waals surface area contributed by atoms with Crippen LogP contribution in [0.3, 0.4) is 0 Å². The Morgan fingerprint density at radius 1 is 1.47 bits per heavy atom. The number of amides is 3. The first kappa shape index (κ1) is 15.4. The Hall–Kier alpha value is -1.67. The molecular weight excluding hydrogens is 254 g/mol. The Balaban J connectivity index is 2.65. The molecule has 1 aliphatic rings. The molecule has 0 radical (unpaired) electrons. The van der Waals surface area contributed by atoms with E-state index in [9.17, 15) is 14.4 Å². The van der Waals surface area contributed by atoms with Gasteiger partial charge in [-0.2, -0.15) is 0 Å². The maximum absolute atomic E-state index is 11.8. The number of hydrogen-bond acceptors (Lipinski definition) is 5. The molecule has 0 aromatic carbocycles. The summed E-state index contributed by atoms with van der Waals surface area (Å²) in [6.07, 6.45) is -0.0996. The SMILES string of the molecule is CNC(=O)NC(=O)C(C)N1CCOCC1CC(=O)O. The van der Waals surface area contributed by atoms with Crippen LogP contribution in [0.4, 0.5) is 4.79 Å². The van der Waals surface area contributed by atoms with Crippen molar-refractivity contribution in [3.05, 3.63) is 0 Å². The number of morpholine rings is 1. The van der Waals surface area contributed by atoms with Gasteiger partial charge in [-0.1, -0.05) is 0 Å². The maximum Gasteiger partial charge on any atom is 0.321 e. The molecule has 1 heterocycles. The minimum atomic E-state index is -0.945. The Labute approximate surface area is 111 Å². The summed E-state index contributed by atoms with van der Waals surface area (Å²) in [5, 5.41) is 13.3. The van der Waals surface area contributed by atoms with Crippen LogP contribution in [-0.4, -0.2) is 66.8 Å². The van der Waals surface area contributed by atoms with E-state index in [1.165, 1.54) is 7.05 Å². The normalized spacial score (nSPS) is 21.5. The number of nitrogens with one attached hydrogen (secondary N) is 2. The van der Waals surface area contributed by atoms with E-state index in [1.807, 2.05) is 0 Å². The standard InChI is InChI=1S/C11H19N3O5/c1-7(10(17)13-11(18)12-2)14-3-4-19-6-8(14)5-9(15)16/h7-8H,3-6H2,1-2H3,(H,15,16)(H2,12,13,17,18). The van der Waals surface area contributed by atoms with E-state index in [0.29, 0.717) is 13.2 Å². The van der Waals surface area contributed by atoms with Gasteiger partial charge in [0, 0.05) is 19.6 Å². The van der Waals surface area contributed by atoms with Crippen LogP contribution in [0.5, 0.6) is 0 Å². The number of carbonyl (C=O) groups excluding carboxylic acids is 2. The van der Waals surface area contributed by atoms with Gasteiger partial charge in [-0.25, -0.2) is 4.79 Å². The quantitative estimate of drug-likeness (QED) is 0.607. The van der Waals surface area contributed by atoms with E-state index in [4.69, 9.17) is 9.84 Å². The van der Waals surface area contributed by atoms with E-state index in [2.05, 4.69) is 10.6 Å². The summed E-state index contributed by atoms with van der Waals surface area (Å²) < 4.78 is 5.23. The fourth-order valence-electron chi connectivity index (χ4n) is 1.98. The van der Waals surface area contributed by atoms with Crippen LogP contribution in [0.1, 0.15) is 13.3 Å². The van der Waals surface area contributed by atoms with Gasteiger partial charge in [-0.05, 0) is 6.92 Å². The van der Waals surface area contributed by atoms with Crippen molar-refractivity contribution in [3.8, 4) is 0 Å². The molecular formula is C11H19N3O5. The van der Waals surface area contributed by atoms with Gasteiger partial charge in [0.15, 0.2) is 0 Å². The number of nitrogens with zero attached hydrogens (tertiary/aromatic N) is 1. The fourth-order valence-corrected chi connectivity index (χ4v) is 1.98. The topological polar surface area (TPSA) is 108 Å². The molecule has 2 atom stereocenters. The van der Waals surface area contributed by atoms with Crippen LogP contribution in [0.25, 0.3) is 0 Å². The minimum Gasteiger partial charge on any atom is -0.481 e. The van der Waals surface area contributed by atoms with E-state index < -0.39 is 23.9 Å². The van der Waals surface area contributed by atoms with Crippen LogP contribution in [-0.2, 0) is 14.3 Å². The lowest BCUT2D eigenvalue weighted by Gasteiger charge is -2.38. The van der Waals surface area contributed by atoms with Crippen molar-refractivity contribution in [2.24, 2.45) is 0 Å². The third-order valence-corrected chi connectivity index (χ3v) is 3.02. The lowest BCUT2D eigenvalue weighted by molar-refractivity contribution is -0.143. The van der Waals surface area contributed by atoms with Crippen molar-refractivity contribution in [1.82, 2.24) is 15.5 Å². The van der Waals surface area contributed by atoms with E-state index in [0.717, 1.165) is 0 Å². The zero-order chi connectivity index (χ0) is 14.4. The average molecular weight is 273 g/mol. The smallest absolute Gasteiger partial charge is 0.321 e. The van der Waals surface area contributed by atoms with Crippen molar-refractivity contribution >= 4 is 17.9 Å². The summed E-state index contributed by atoms with van der Waals surface area (Å²) in [6, 6.07) is -1.54. The zero-order valence-corrected chi connectivity index (χ0v) is 11.0. The average Bonchev–Trinajstić information content (AvgIpc) is 2.37. The molecule has 2 unspecified atom stereocenters. The number of urea groups is 1. The highest BCUT2D eigenvalue weighted by molar-refractivity contribution is 5.96. The number of imide groups is 1. The summed E-state index contributed by atoms with van der Waals surface area (Å²) >= 11 is 0. The van der Waals surface area contributed by atoms with Crippen LogP contribution >= 0.6 is 0 Å². The van der Waals surface area contributed by atoms with E-state index in [-0.39, 0.29) is 19.1 Å². The molecule has 0 aromatic heterocycles. The lowest BCUT2D eigenvalue weighted by Crippen LogP contribution is -2.56. The molecule has 3 amide bonds. The molecule has 8 nitrogen and oxygen atoms in total. The Bertz CT molecular complexity index is 360. The van der Waals surface area contributed by atoms with Crippen LogP contribution in [0.2, 0.25) is 0 Å². The largest absolute Gasteiger partial charge is 0.481 e. The van der Waals surface area contributed by atoms with Crippen LogP contribution < -0.4 is 10.6 Å². The molecule has 8 heteroatoms. The van der Waals surface area contributed by atoms with Gasteiger partial charge >= 0.3 is 12.0 Å². The number of carboxylic acids is 1. The molecule has 0 aromatic rings. The summed E-state index contributed by atoms with van der Waals surface area (Å²) in [5.41, 5.74) is 0. The monoisotopic (exact) mass is 273 g/mol. The van der Waals surface area contributed by atoms with Gasteiger partial charge in [-0.3, -0.25) is 19.8 Å². The molecule has 0 bridgehead atoms. The summed E-state index contributed by atoms with van der Waals surface area (Å²) in [4.78, 5) is 35.5. The zero-order valence-electron chi connectivity index (χ0n) is 11.0. The van der Waals surface area contributed by atoms with Gasteiger partial charge in [0.25, 0.3) is 0 Å². The first-order valence-electron chi connectivity index (χ1n) is 6.03. The number of rotatable bonds is 4. The lowest BCUT2D eigenvalue weighted by atomic mass is 10.1. The van der Waals surface area contributed by atoms with Crippen molar-refractivity contribution in [2.75, 3.05) is 26.8 Å². The fraction of sp³-hybridized carbons (Fsp3) is 0.727. The van der Waals surface area contributed by atoms with Crippen molar-refractivity contribution in [1.29, 1.82) is 0 Å². The molecule has 0 aliphatic carbocycles. The predicted molar refractivity (Wildman–Crippen MR) is 65.6 cm³/mol. The Morgan fingerprint density at radius 3 is 2.74 bits per heavy atom. The highest BCUT2D eigenvalue weighted by Crippen LogP contribution is 2.14. The number of ether oxygens (including phenoxy) is 1. The van der Waals surface area contributed by atoms with E-state index >= 15 is 0 Å². The first-order chi connectivity index (χ1) is 8.95. The molecule has 3 N–H and O–H groups in total. The first-order valence-corrected chi connectivity index (χ1v) is 6.03. The van der Waals surface area contributed by atoms with Gasteiger partial charge in [0.1, 0.15) is 0 Å². The molecule has 1 aliphatic heterocycles. The highest BCUT2D eigenvalue weighted by Gasteiger charge is 2.32. The Morgan fingerprint density at radius 2 is 2.16 bits per heavy atom. The maximum atomic E-state index is 11.8. The van der Waals surface area contributed by atoms with Gasteiger partial charge in [0.2, 0.25) is 5.91 Å². The molecule has 0 spiro atoms. The molecule has 1 saturated heterocycles. The van der Waals surface area contributed by atoms with Gasteiger partial charge in [-0.15, -0.1) is 0 Å². The molecule has 19 heavy (non-hydrogen) atoms. The third kappa shape index (κ3) is 4.49. The van der Waals surface area contributed by atoms with Gasteiger partial charge in [0.05, 0.1) is 25.7 Å². The Kier molecular flexibility index (Phi) is 5.71. The third-order valence-electron chi connectivity index (χ3n) is 3.02. The molecule has 1 fully saturated rings. The number of hydrogen-bond donors (Lipinski definition) is 3. The highest BCUT2D eigenvalue weighted by atomic mass is 16.5. The summed E-state index contributed by atoms with van der Waals surface area (Å²) in [5.74, 6) is -1.41. The molecule has 0 saturated carbocycles. The van der Waals surface area contributed by atoms with Crippen LogP contribution in [0, 0.1) is 0 Å². The second-order valence-electron chi connectivity index (χ2n) is 4.31. The summed E-state index contributed by atoms with van der Waals surface area (Å²) in [7, 11) is 1.41. The van der Waals surface area contributed by atoms with Crippen molar-refractivity contribution < 1.29 is 24.2 Å². The number of aliphatic carboxylic acids is 1. The van der Waals surface area contributed by atoms with Crippen LogP contribution in [0.15, 0.2) is 0 Å². The minimum absolute atomic E-state index is 0.0996. The van der Waals surface area contributed by atoms with Crippen molar-refractivity contribution in [2.45, 2.75) is 25.4 Å². The number of carboxylic acid groups (broad SMARTS) is 1. The predicted octanol–water partition coefficient (Wildman–Crippen LogP) is -0.994. The van der Waals surface area contributed by atoms with E-state index in [1.54, 1.807) is 11.8 Å². The molecule has 1 rings (SSSR count). The second kappa shape index (κ2) is 7.05. The second-order valence-corrected chi connectivity index (χ2v) is 4.31. The molecule has 108 valence electrons. The van der Waals surface area contributed by atoms with Crippen molar-refractivity contribution in [3.63, 3.8) is 0 Å². The number of carbonyl (C=O) groups is 3. The van der Waals surface area contributed by atoms with Gasteiger partial charge < -0.3 is 15.2 Å².